The Morgan fingerprint density at radius 1 is 1.32 bits per heavy atom. The van der Waals surface area contributed by atoms with E-state index < -0.39 is 0 Å². The number of rotatable bonds is 5. The molecule has 1 saturated carbocycles. The molecule has 1 aromatic rings. The Morgan fingerprint density at radius 3 is 2.52 bits per heavy atom. The fourth-order valence-corrected chi connectivity index (χ4v) is 3.69. The molecule has 4 nitrogen and oxygen atoms in total. The van der Waals surface area contributed by atoms with Crippen LogP contribution in [0.1, 0.15) is 45.6 Å². The van der Waals surface area contributed by atoms with Crippen LogP contribution < -0.4 is 0 Å². The summed E-state index contributed by atoms with van der Waals surface area (Å²) in [5.41, 5.74) is 1.03. The fourth-order valence-electron chi connectivity index (χ4n) is 3.56. The van der Waals surface area contributed by atoms with Gasteiger partial charge in [0.2, 0.25) is 6.54 Å². The Hall–Kier alpha value is -1.68. The summed E-state index contributed by atoms with van der Waals surface area (Å²) in [7, 11) is 0. The number of carbonyl (C=O) groups excluding carboxylic acids is 1. The summed E-state index contributed by atoms with van der Waals surface area (Å²) < 4.78 is 0. The Kier molecular flexibility index (Phi) is 6.39. The molecule has 0 aromatic heterocycles. The van der Waals surface area contributed by atoms with Crippen LogP contribution in [0.25, 0.3) is 6.08 Å². The highest BCUT2D eigenvalue weighted by Gasteiger charge is 2.39. The van der Waals surface area contributed by atoms with Crippen molar-refractivity contribution in [1.82, 2.24) is 0 Å². The third-order valence-electron chi connectivity index (χ3n) is 5.20. The number of nitro groups is 1. The summed E-state index contributed by atoms with van der Waals surface area (Å²) >= 11 is 5.88. The Morgan fingerprint density at radius 2 is 1.96 bits per heavy atom. The first-order valence-corrected chi connectivity index (χ1v) is 9.13. The van der Waals surface area contributed by atoms with Gasteiger partial charge in [0, 0.05) is 22.3 Å². The number of hydrogen-bond donors (Lipinski definition) is 0. The van der Waals surface area contributed by atoms with Crippen LogP contribution >= 0.6 is 11.6 Å². The van der Waals surface area contributed by atoms with E-state index in [4.69, 9.17) is 11.6 Å². The number of carbonyl (C=O) groups is 1. The second-order valence-electron chi connectivity index (χ2n) is 8.00. The van der Waals surface area contributed by atoms with Crippen LogP contribution in [0.15, 0.2) is 30.3 Å². The molecular weight excluding hydrogens is 338 g/mol. The minimum Gasteiger partial charge on any atom is -0.299 e. The lowest BCUT2D eigenvalue weighted by Gasteiger charge is -2.38. The summed E-state index contributed by atoms with van der Waals surface area (Å²) in [6.45, 7) is 6.32. The van der Waals surface area contributed by atoms with Gasteiger partial charge in [-0.3, -0.25) is 14.9 Å². The summed E-state index contributed by atoms with van der Waals surface area (Å²) in [6.07, 6.45) is 5.82. The highest BCUT2D eigenvalue weighted by Crippen LogP contribution is 2.41. The number of hydrogen-bond acceptors (Lipinski definition) is 3. The van der Waals surface area contributed by atoms with Gasteiger partial charge in [0.25, 0.3) is 0 Å². The van der Waals surface area contributed by atoms with Crippen molar-refractivity contribution in [1.29, 1.82) is 0 Å². The number of Topliss-reactive ketones (excluding diaryl/α,β-unsaturated/α-hetero) is 1. The topological polar surface area (TPSA) is 60.2 Å². The molecule has 0 aliphatic heterocycles. The third kappa shape index (κ3) is 5.67. The van der Waals surface area contributed by atoms with Gasteiger partial charge in [-0.2, -0.15) is 0 Å². The lowest BCUT2D eigenvalue weighted by atomic mass is 9.66. The zero-order valence-corrected chi connectivity index (χ0v) is 15.8. The first-order valence-electron chi connectivity index (χ1n) is 8.75. The summed E-state index contributed by atoms with van der Waals surface area (Å²) in [6, 6.07) is 7.29. The van der Waals surface area contributed by atoms with Crippen LogP contribution in [0.3, 0.4) is 0 Å². The Labute approximate surface area is 154 Å². The van der Waals surface area contributed by atoms with Gasteiger partial charge >= 0.3 is 0 Å². The van der Waals surface area contributed by atoms with E-state index in [0.717, 1.165) is 18.4 Å². The van der Waals surface area contributed by atoms with Gasteiger partial charge in [0.15, 0.2) is 0 Å². The van der Waals surface area contributed by atoms with Crippen molar-refractivity contribution in [3.05, 3.63) is 51.0 Å². The second kappa shape index (κ2) is 8.13. The normalized spacial score (nSPS) is 23.0. The molecule has 1 aromatic carbocycles. The van der Waals surface area contributed by atoms with E-state index in [1.807, 2.05) is 24.3 Å². The summed E-state index contributed by atoms with van der Waals surface area (Å²) in [5.74, 6) is -0.0725. The van der Waals surface area contributed by atoms with Gasteiger partial charge in [-0.25, -0.2) is 0 Å². The molecule has 136 valence electrons. The van der Waals surface area contributed by atoms with Gasteiger partial charge < -0.3 is 0 Å². The number of nitrogens with zero attached hydrogens (tertiary/aromatic N) is 1. The number of benzene rings is 1. The van der Waals surface area contributed by atoms with Gasteiger partial charge in [-0.05, 0) is 41.9 Å². The maximum absolute atomic E-state index is 12.5. The molecule has 0 bridgehead atoms. The Balaban J connectivity index is 2.21. The fraction of sp³-hybridized carbons (Fsp3) is 0.550. The van der Waals surface area contributed by atoms with Crippen molar-refractivity contribution in [3.63, 3.8) is 0 Å². The number of halogens is 1. The van der Waals surface area contributed by atoms with Crippen LogP contribution in [-0.2, 0) is 4.79 Å². The second-order valence-corrected chi connectivity index (χ2v) is 8.44. The molecule has 0 unspecified atom stereocenters. The van der Waals surface area contributed by atoms with Crippen LogP contribution in [0.5, 0.6) is 0 Å². The van der Waals surface area contributed by atoms with Crippen molar-refractivity contribution < 1.29 is 9.72 Å². The zero-order chi connectivity index (χ0) is 18.6. The molecule has 25 heavy (non-hydrogen) atoms. The third-order valence-corrected chi connectivity index (χ3v) is 5.45. The molecule has 0 spiro atoms. The first-order chi connectivity index (χ1) is 11.7. The monoisotopic (exact) mass is 363 g/mol. The maximum atomic E-state index is 12.5. The van der Waals surface area contributed by atoms with E-state index >= 15 is 0 Å². The van der Waals surface area contributed by atoms with Gasteiger partial charge in [-0.1, -0.05) is 56.7 Å². The average Bonchev–Trinajstić information content (AvgIpc) is 2.52. The minimum absolute atomic E-state index is 0.109. The predicted octanol–water partition coefficient (Wildman–Crippen LogP) is 5.28. The molecule has 0 heterocycles. The molecule has 0 N–H and O–H groups in total. The molecule has 5 heteroatoms. The molecule has 3 atom stereocenters. The molecule has 1 aliphatic rings. The highest BCUT2D eigenvalue weighted by atomic mass is 35.5. The van der Waals surface area contributed by atoms with E-state index in [1.54, 1.807) is 12.1 Å². The van der Waals surface area contributed by atoms with Crippen LogP contribution in [0.4, 0.5) is 0 Å². The van der Waals surface area contributed by atoms with Crippen molar-refractivity contribution in [2.75, 3.05) is 6.54 Å². The Bertz CT molecular complexity index is 646. The zero-order valence-electron chi connectivity index (χ0n) is 15.1. The van der Waals surface area contributed by atoms with Crippen LogP contribution in [-0.4, -0.2) is 17.3 Å². The number of ketones is 1. The van der Waals surface area contributed by atoms with Crippen molar-refractivity contribution >= 4 is 23.5 Å². The first kappa shape index (κ1) is 19.6. The van der Waals surface area contributed by atoms with Crippen molar-refractivity contribution in [3.8, 4) is 0 Å². The predicted molar refractivity (Wildman–Crippen MR) is 101 cm³/mol. The molecule has 1 aliphatic carbocycles. The van der Waals surface area contributed by atoms with Crippen LogP contribution in [0, 0.1) is 33.3 Å². The average molecular weight is 364 g/mol. The molecule has 1 fully saturated rings. The summed E-state index contributed by atoms with van der Waals surface area (Å²) in [4.78, 5) is 23.3. The lowest BCUT2D eigenvalue weighted by Crippen LogP contribution is -2.37. The van der Waals surface area contributed by atoms with E-state index in [9.17, 15) is 14.9 Å². The van der Waals surface area contributed by atoms with E-state index in [0.29, 0.717) is 17.4 Å². The maximum Gasteiger partial charge on any atom is 0.210 e. The standard InChI is InChI=1S/C20H26ClNO3/c1-20(2,3)16-8-11-19(23)18(12-16)15(13-22(24)25)7-4-14-5-9-17(21)10-6-14/h4-7,9-10,15-16,18H,8,11-13H2,1-3H3/b7-4+/t15-,16+,18+/m1/s1. The van der Waals surface area contributed by atoms with Gasteiger partial charge in [0.1, 0.15) is 5.78 Å². The van der Waals surface area contributed by atoms with E-state index in [1.165, 1.54) is 0 Å². The van der Waals surface area contributed by atoms with E-state index in [2.05, 4.69) is 20.8 Å². The SMILES string of the molecule is CC(C)(C)[C@H]1CCC(=O)[C@H]([C@H](/C=C/c2ccc(Cl)cc2)C[N+](=O)[O-])C1. The largest absolute Gasteiger partial charge is 0.299 e. The molecule has 0 saturated heterocycles. The molecule has 2 rings (SSSR count). The van der Waals surface area contributed by atoms with Gasteiger partial charge in [-0.15, -0.1) is 0 Å². The molecule has 0 amide bonds. The molecule has 0 radical (unpaired) electrons. The smallest absolute Gasteiger partial charge is 0.210 e. The van der Waals surface area contributed by atoms with Crippen molar-refractivity contribution in [2.45, 2.75) is 40.0 Å². The highest BCUT2D eigenvalue weighted by molar-refractivity contribution is 6.30. The lowest BCUT2D eigenvalue weighted by molar-refractivity contribution is -0.487. The quantitative estimate of drug-likeness (QED) is 0.528. The molecular formula is C20H26ClNO3. The minimum atomic E-state index is -0.372. The van der Waals surface area contributed by atoms with E-state index in [-0.39, 0.29) is 34.5 Å². The van der Waals surface area contributed by atoms with Crippen LogP contribution in [0.2, 0.25) is 5.02 Å². The van der Waals surface area contributed by atoms with Crippen molar-refractivity contribution in [2.24, 2.45) is 23.2 Å². The van der Waals surface area contributed by atoms with Gasteiger partial charge in [0.05, 0.1) is 5.92 Å². The summed E-state index contributed by atoms with van der Waals surface area (Å²) in [5, 5.41) is 11.8.